The largest absolute Gasteiger partial charge is 0.481 e. The third-order valence-corrected chi connectivity index (χ3v) is 3.37. The second-order valence-corrected chi connectivity index (χ2v) is 4.98. The van der Waals surface area contributed by atoms with Crippen LogP contribution in [-0.4, -0.2) is 25.7 Å². The number of fused-ring (bicyclic) bond motifs is 1. The molecule has 21 heavy (non-hydrogen) atoms. The Labute approximate surface area is 121 Å². The van der Waals surface area contributed by atoms with Crippen LogP contribution in [0.3, 0.4) is 0 Å². The molecule has 0 fully saturated rings. The van der Waals surface area contributed by atoms with Crippen molar-refractivity contribution in [2.24, 2.45) is 0 Å². The summed E-state index contributed by atoms with van der Waals surface area (Å²) in [5, 5.41) is 13.5. The molecule has 0 atom stereocenters. The highest BCUT2D eigenvalue weighted by Gasteiger charge is 2.16. The van der Waals surface area contributed by atoms with Gasteiger partial charge in [0.05, 0.1) is 5.69 Å². The summed E-state index contributed by atoms with van der Waals surface area (Å²) in [6.07, 6.45) is 4.00. The number of hydrogen-bond donors (Lipinski definition) is 1. The minimum absolute atomic E-state index is 0.0662. The van der Waals surface area contributed by atoms with Gasteiger partial charge in [-0.05, 0) is 25.5 Å². The molecule has 106 valence electrons. The van der Waals surface area contributed by atoms with Gasteiger partial charge in [-0.2, -0.15) is 5.10 Å². The van der Waals surface area contributed by atoms with E-state index in [2.05, 4.69) is 10.1 Å². The molecule has 0 saturated heterocycles. The van der Waals surface area contributed by atoms with Crippen LogP contribution in [0.25, 0.3) is 16.9 Å². The third kappa shape index (κ3) is 2.63. The van der Waals surface area contributed by atoms with Crippen LogP contribution in [0.2, 0.25) is 0 Å². The van der Waals surface area contributed by atoms with Crippen molar-refractivity contribution < 1.29 is 9.90 Å². The van der Waals surface area contributed by atoms with Crippen LogP contribution in [0.4, 0.5) is 0 Å². The van der Waals surface area contributed by atoms with Crippen molar-refractivity contribution in [1.82, 2.24) is 14.6 Å². The Balaban J connectivity index is 2.16. The van der Waals surface area contributed by atoms with E-state index in [1.54, 1.807) is 16.8 Å². The van der Waals surface area contributed by atoms with Gasteiger partial charge in [0.25, 0.3) is 0 Å². The fourth-order valence-electron chi connectivity index (χ4n) is 2.42. The van der Waals surface area contributed by atoms with Gasteiger partial charge in [0.2, 0.25) is 0 Å². The van der Waals surface area contributed by atoms with E-state index >= 15 is 0 Å². The normalized spacial score (nSPS) is 10.9. The quantitative estimate of drug-likeness (QED) is 0.798. The van der Waals surface area contributed by atoms with E-state index in [0.29, 0.717) is 6.42 Å². The molecule has 1 N–H and O–H groups in total. The molecule has 5 heteroatoms. The van der Waals surface area contributed by atoms with Crippen molar-refractivity contribution in [2.45, 2.75) is 19.8 Å². The number of carboxylic acid groups (broad SMARTS) is 1. The zero-order valence-electron chi connectivity index (χ0n) is 11.7. The van der Waals surface area contributed by atoms with Crippen LogP contribution in [0, 0.1) is 6.92 Å². The first-order valence-electron chi connectivity index (χ1n) is 6.76. The summed E-state index contributed by atoms with van der Waals surface area (Å²) in [5.41, 5.74) is 4.53. The average Bonchev–Trinajstić information content (AvgIpc) is 2.84. The molecule has 0 aliphatic carbocycles. The fourth-order valence-corrected chi connectivity index (χ4v) is 2.42. The molecule has 3 rings (SSSR count). The molecule has 0 spiro atoms. The summed E-state index contributed by atoms with van der Waals surface area (Å²) in [7, 11) is 0. The van der Waals surface area contributed by atoms with Gasteiger partial charge in [-0.1, -0.05) is 23.8 Å². The van der Waals surface area contributed by atoms with Gasteiger partial charge in [0.15, 0.2) is 5.65 Å². The van der Waals surface area contributed by atoms with Gasteiger partial charge >= 0.3 is 5.97 Å². The van der Waals surface area contributed by atoms with E-state index in [0.717, 1.165) is 28.0 Å². The van der Waals surface area contributed by atoms with Crippen LogP contribution in [0.15, 0.2) is 42.7 Å². The molecule has 0 saturated carbocycles. The van der Waals surface area contributed by atoms with Crippen LogP contribution >= 0.6 is 0 Å². The SMILES string of the molecule is Cc1cccc(-c2nn3cccnc3c2CCC(=O)O)c1. The minimum atomic E-state index is -0.819. The minimum Gasteiger partial charge on any atom is -0.481 e. The first-order valence-corrected chi connectivity index (χ1v) is 6.76. The Kier molecular flexibility index (Phi) is 3.39. The first kappa shape index (κ1) is 13.3. The highest BCUT2D eigenvalue weighted by atomic mass is 16.4. The van der Waals surface area contributed by atoms with Crippen molar-refractivity contribution >= 4 is 11.6 Å². The van der Waals surface area contributed by atoms with E-state index < -0.39 is 5.97 Å². The van der Waals surface area contributed by atoms with Gasteiger partial charge in [0.1, 0.15) is 0 Å². The van der Waals surface area contributed by atoms with Crippen molar-refractivity contribution in [2.75, 3.05) is 0 Å². The van der Waals surface area contributed by atoms with Crippen LogP contribution in [0.5, 0.6) is 0 Å². The van der Waals surface area contributed by atoms with Gasteiger partial charge < -0.3 is 5.11 Å². The zero-order valence-corrected chi connectivity index (χ0v) is 11.7. The monoisotopic (exact) mass is 281 g/mol. The molecule has 0 aliphatic rings. The van der Waals surface area contributed by atoms with Gasteiger partial charge in [-0.3, -0.25) is 4.79 Å². The van der Waals surface area contributed by atoms with Crippen LogP contribution < -0.4 is 0 Å². The summed E-state index contributed by atoms with van der Waals surface area (Å²) < 4.78 is 1.70. The number of hydrogen-bond acceptors (Lipinski definition) is 3. The number of aromatic nitrogens is 3. The first-order chi connectivity index (χ1) is 10.1. The Morgan fingerprint density at radius 3 is 2.95 bits per heavy atom. The topological polar surface area (TPSA) is 67.5 Å². The maximum absolute atomic E-state index is 10.9. The lowest BCUT2D eigenvalue weighted by molar-refractivity contribution is -0.136. The van der Waals surface area contributed by atoms with E-state index in [-0.39, 0.29) is 6.42 Å². The molecule has 0 unspecified atom stereocenters. The lowest BCUT2D eigenvalue weighted by Gasteiger charge is -2.02. The van der Waals surface area contributed by atoms with Crippen LogP contribution in [0.1, 0.15) is 17.5 Å². The summed E-state index contributed by atoms with van der Waals surface area (Å²) in [6.45, 7) is 2.02. The highest BCUT2D eigenvalue weighted by molar-refractivity contribution is 5.73. The number of carbonyl (C=O) groups is 1. The summed E-state index contributed by atoms with van der Waals surface area (Å²) in [6, 6.07) is 9.84. The number of rotatable bonds is 4. The molecule has 5 nitrogen and oxygen atoms in total. The van der Waals surface area contributed by atoms with E-state index in [1.807, 2.05) is 37.4 Å². The maximum atomic E-state index is 10.9. The lowest BCUT2D eigenvalue weighted by Crippen LogP contribution is -1.99. The number of nitrogens with zero attached hydrogens (tertiary/aromatic N) is 3. The summed E-state index contributed by atoms with van der Waals surface area (Å²) in [4.78, 5) is 15.2. The second kappa shape index (κ2) is 5.36. The molecular weight excluding hydrogens is 266 g/mol. The number of aryl methyl sites for hydroxylation is 2. The predicted octanol–water partition coefficient (Wildman–Crippen LogP) is 2.72. The van der Waals surface area contributed by atoms with Crippen molar-refractivity contribution in [3.05, 3.63) is 53.9 Å². The molecule has 0 amide bonds. The second-order valence-electron chi connectivity index (χ2n) is 4.98. The van der Waals surface area contributed by atoms with E-state index in [4.69, 9.17) is 5.11 Å². The zero-order chi connectivity index (χ0) is 14.8. The number of benzene rings is 1. The van der Waals surface area contributed by atoms with Crippen molar-refractivity contribution in [1.29, 1.82) is 0 Å². The lowest BCUT2D eigenvalue weighted by atomic mass is 10.0. The Bertz CT molecular complexity index is 808. The molecule has 1 aromatic carbocycles. The molecule has 0 aliphatic heterocycles. The molecule has 0 radical (unpaired) electrons. The predicted molar refractivity (Wildman–Crippen MR) is 79.1 cm³/mol. The number of carboxylic acids is 1. The molecule has 3 aromatic rings. The van der Waals surface area contributed by atoms with Gasteiger partial charge in [0, 0.05) is 29.9 Å². The average molecular weight is 281 g/mol. The standard InChI is InChI=1S/C16H15N3O2/c1-11-4-2-5-12(10-11)15-13(6-7-14(20)21)16-17-8-3-9-19(16)18-15/h2-5,8-10H,6-7H2,1H3,(H,20,21). The van der Waals surface area contributed by atoms with E-state index in [1.165, 1.54) is 0 Å². The smallest absolute Gasteiger partial charge is 0.303 e. The Morgan fingerprint density at radius 1 is 1.33 bits per heavy atom. The van der Waals surface area contributed by atoms with Gasteiger partial charge in [-0.25, -0.2) is 9.50 Å². The van der Waals surface area contributed by atoms with Gasteiger partial charge in [-0.15, -0.1) is 0 Å². The van der Waals surface area contributed by atoms with Crippen molar-refractivity contribution in [3.8, 4) is 11.3 Å². The van der Waals surface area contributed by atoms with Crippen molar-refractivity contribution in [3.63, 3.8) is 0 Å². The summed E-state index contributed by atoms with van der Waals surface area (Å²) in [5.74, 6) is -0.819. The highest BCUT2D eigenvalue weighted by Crippen LogP contribution is 2.26. The molecular formula is C16H15N3O2. The molecule has 2 heterocycles. The molecule has 0 bridgehead atoms. The third-order valence-electron chi connectivity index (χ3n) is 3.37. The summed E-state index contributed by atoms with van der Waals surface area (Å²) >= 11 is 0. The van der Waals surface area contributed by atoms with Crippen LogP contribution in [-0.2, 0) is 11.2 Å². The number of aliphatic carboxylic acids is 1. The fraction of sp³-hybridized carbons (Fsp3) is 0.188. The Hall–Kier alpha value is -2.69. The maximum Gasteiger partial charge on any atom is 0.303 e. The molecule has 2 aromatic heterocycles. The Morgan fingerprint density at radius 2 is 2.19 bits per heavy atom. The van der Waals surface area contributed by atoms with E-state index in [9.17, 15) is 4.79 Å².